The van der Waals surface area contributed by atoms with Crippen LogP contribution < -0.4 is 5.32 Å². The summed E-state index contributed by atoms with van der Waals surface area (Å²) in [6.07, 6.45) is 7.52. The Kier molecular flexibility index (Phi) is 5.40. The van der Waals surface area contributed by atoms with Crippen molar-refractivity contribution in [1.29, 1.82) is 0 Å². The normalized spacial score (nSPS) is 18.9. The zero-order valence-electron chi connectivity index (χ0n) is 8.76. The Morgan fingerprint density at radius 2 is 1.92 bits per heavy atom. The lowest BCUT2D eigenvalue weighted by molar-refractivity contribution is 0.282. The quantitative estimate of drug-likeness (QED) is 0.566. The predicted molar refractivity (Wildman–Crippen MR) is 55.7 cm³/mol. The van der Waals surface area contributed by atoms with Gasteiger partial charge in [-0.2, -0.15) is 0 Å². The first-order valence-corrected chi connectivity index (χ1v) is 5.69. The van der Waals surface area contributed by atoms with Crippen LogP contribution in [0.2, 0.25) is 0 Å². The molecule has 1 fully saturated rings. The Morgan fingerprint density at radius 3 is 2.54 bits per heavy atom. The summed E-state index contributed by atoms with van der Waals surface area (Å²) in [5, 5.41) is 12.1. The Hall–Kier alpha value is -0.0800. The van der Waals surface area contributed by atoms with Crippen LogP contribution in [0.3, 0.4) is 0 Å². The van der Waals surface area contributed by atoms with E-state index in [4.69, 9.17) is 5.11 Å². The molecule has 1 rings (SSSR count). The molecule has 0 aromatic rings. The number of nitrogens with one attached hydrogen (secondary N) is 1. The second-order valence-electron chi connectivity index (χ2n) is 4.22. The largest absolute Gasteiger partial charge is 0.396 e. The van der Waals surface area contributed by atoms with E-state index in [1.807, 2.05) is 0 Å². The molecular formula is C11H23NO. The number of aliphatic hydroxyl groups is 1. The van der Waals surface area contributed by atoms with E-state index in [-0.39, 0.29) is 0 Å². The van der Waals surface area contributed by atoms with Gasteiger partial charge in [-0.25, -0.2) is 0 Å². The molecule has 0 heterocycles. The van der Waals surface area contributed by atoms with Crippen molar-refractivity contribution < 1.29 is 5.11 Å². The van der Waals surface area contributed by atoms with Gasteiger partial charge < -0.3 is 10.4 Å². The Bertz CT molecular complexity index is 123. The molecule has 2 N–H and O–H groups in total. The van der Waals surface area contributed by atoms with Gasteiger partial charge in [0.2, 0.25) is 0 Å². The fraction of sp³-hybridized carbons (Fsp3) is 1.00. The lowest BCUT2D eigenvalue weighted by Gasteiger charge is -2.11. The van der Waals surface area contributed by atoms with E-state index in [0.717, 1.165) is 24.9 Å². The van der Waals surface area contributed by atoms with Crippen LogP contribution in [-0.2, 0) is 0 Å². The second kappa shape index (κ2) is 6.39. The fourth-order valence-corrected chi connectivity index (χ4v) is 1.68. The van der Waals surface area contributed by atoms with E-state index in [2.05, 4.69) is 12.2 Å². The molecule has 1 saturated carbocycles. The van der Waals surface area contributed by atoms with Crippen LogP contribution >= 0.6 is 0 Å². The monoisotopic (exact) mass is 185 g/mol. The summed E-state index contributed by atoms with van der Waals surface area (Å²) in [6, 6.07) is 0.734. The fourth-order valence-electron chi connectivity index (χ4n) is 1.68. The van der Waals surface area contributed by atoms with Gasteiger partial charge in [-0.15, -0.1) is 0 Å². The van der Waals surface area contributed by atoms with E-state index in [1.54, 1.807) is 0 Å². The van der Waals surface area contributed by atoms with Gasteiger partial charge >= 0.3 is 0 Å². The highest BCUT2D eigenvalue weighted by Gasteiger charge is 2.26. The average Bonchev–Trinajstić information content (AvgIpc) is 2.93. The van der Waals surface area contributed by atoms with Crippen molar-refractivity contribution in [3.63, 3.8) is 0 Å². The van der Waals surface area contributed by atoms with Crippen LogP contribution in [0, 0.1) is 5.92 Å². The molecule has 0 bridgehead atoms. The lowest BCUT2D eigenvalue weighted by atomic mass is 10.2. The standard InChI is InChI=1S/C11H23NO/c1-10(11-6-7-11)12-8-4-2-3-5-9-13/h10-13H,2-9H2,1H3. The summed E-state index contributed by atoms with van der Waals surface area (Å²) in [5.74, 6) is 0.970. The molecule has 0 spiro atoms. The van der Waals surface area contributed by atoms with Crippen molar-refractivity contribution in [2.75, 3.05) is 13.2 Å². The number of hydrogen-bond acceptors (Lipinski definition) is 2. The van der Waals surface area contributed by atoms with Crippen molar-refractivity contribution in [3.8, 4) is 0 Å². The van der Waals surface area contributed by atoms with E-state index in [0.29, 0.717) is 6.61 Å². The number of hydrogen-bond donors (Lipinski definition) is 2. The first kappa shape index (κ1) is 11.0. The maximum Gasteiger partial charge on any atom is 0.0431 e. The molecule has 1 aliphatic carbocycles. The van der Waals surface area contributed by atoms with Crippen LogP contribution in [-0.4, -0.2) is 24.3 Å². The summed E-state index contributed by atoms with van der Waals surface area (Å²) in [4.78, 5) is 0. The maximum atomic E-state index is 8.58. The van der Waals surface area contributed by atoms with Crippen LogP contribution in [0.1, 0.15) is 45.4 Å². The predicted octanol–water partition coefficient (Wildman–Crippen LogP) is 1.93. The van der Waals surface area contributed by atoms with Crippen molar-refractivity contribution >= 4 is 0 Å². The third-order valence-corrected chi connectivity index (χ3v) is 2.88. The smallest absolute Gasteiger partial charge is 0.0431 e. The first-order valence-electron chi connectivity index (χ1n) is 5.69. The molecule has 0 amide bonds. The molecule has 0 radical (unpaired) electrons. The van der Waals surface area contributed by atoms with E-state index in [9.17, 15) is 0 Å². The lowest BCUT2D eigenvalue weighted by Crippen LogP contribution is -2.28. The molecule has 2 nitrogen and oxygen atoms in total. The Balaban J connectivity index is 1.77. The third-order valence-electron chi connectivity index (χ3n) is 2.88. The summed E-state index contributed by atoms with van der Waals surface area (Å²) in [7, 11) is 0. The maximum absolute atomic E-state index is 8.58. The minimum absolute atomic E-state index is 0.353. The van der Waals surface area contributed by atoms with Gasteiger partial charge in [0.25, 0.3) is 0 Å². The highest BCUT2D eigenvalue weighted by molar-refractivity contribution is 4.82. The van der Waals surface area contributed by atoms with Gasteiger partial charge in [0.1, 0.15) is 0 Å². The molecule has 13 heavy (non-hydrogen) atoms. The van der Waals surface area contributed by atoms with Gasteiger partial charge in [0.05, 0.1) is 0 Å². The second-order valence-corrected chi connectivity index (χ2v) is 4.22. The van der Waals surface area contributed by atoms with Crippen LogP contribution in [0.15, 0.2) is 0 Å². The van der Waals surface area contributed by atoms with Crippen molar-refractivity contribution in [1.82, 2.24) is 5.32 Å². The Morgan fingerprint density at radius 1 is 1.23 bits per heavy atom. The van der Waals surface area contributed by atoms with Crippen LogP contribution in [0.5, 0.6) is 0 Å². The zero-order valence-corrected chi connectivity index (χ0v) is 8.76. The highest BCUT2D eigenvalue weighted by atomic mass is 16.2. The topological polar surface area (TPSA) is 32.3 Å². The molecule has 0 saturated heterocycles. The SMILES string of the molecule is CC(NCCCCCCO)C1CC1. The molecule has 0 aliphatic heterocycles. The number of aliphatic hydroxyl groups excluding tert-OH is 1. The van der Waals surface area contributed by atoms with Gasteiger partial charge in [-0.05, 0) is 45.1 Å². The van der Waals surface area contributed by atoms with Gasteiger partial charge in [0, 0.05) is 12.6 Å². The number of unbranched alkanes of at least 4 members (excludes halogenated alkanes) is 3. The summed E-state index contributed by atoms with van der Waals surface area (Å²) in [5.41, 5.74) is 0. The van der Waals surface area contributed by atoms with Crippen molar-refractivity contribution in [3.05, 3.63) is 0 Å². The summed E-state index contributed by atoms with van der Waals surface area (Å²) in [6.45, 7) is 3.81. The average molecular weight is 185 g/mol. The molecular weight excluding hydrogens is 162 g/mol. The van der Waals surface area contributed by atoms with Gasteiger partial charge in [-0.3, -0.25) is 0 Å². The van der Waals surface area contributed by atoms with Gasteiger partial charge in [-0.1, -0.05) is 12.8 Å². The van der Waals surface area contributed by atoms with Gasteiger partial charge in [0.15, 0.2) is 0 Å². The van der Waals surface area contributed by atoms with Crippen molar-refractivity contribution in [2.45, 2.75) is 51.5 Å². The summed E-state index contributed by atoms with van der Waals surface area (Å²) < 4.78 is 0. The molecule has 0 aromatic heterocycles. The first-order chi connectivity index (χ1) is 6.34. The highest BCUT2D eigenvalue weighted by Crippen LogP contribution is 2.32. The van der Waals surface area contributed by atoms with Crippen LogP contribution in [0.25, 0.3) is 0 Å². The minimum atomic E-state index is 0.353. The molecule has 1 aliphatic rings. The van der Waals surface area contributed by atoms with E-state index < -0.39 is 0 Å². The summed E-state index contributed by atoms with van der Waals surface area (Å²) >= 11 is 0. The minimum Gasteiger partial charge on any atom is -0.396 e. The molecule has 2 heteroatoms. The van der Waals surface area contributed by atoms with Crippen LogP contribution in [0.4, 0.5) is 0 Å². The molecule has 1 unspecified atom stereocenters. The number of rotatable bonds is 8. The third kappa shape index (κ3) is 5.27. The molecule has 1 atom stereocenters. The Labute approximate surface area is 81.7 Å². The van der Waals surface area contributed by atoms with E-state index >= 15 is 0 Å². The molecule has 0 aromatic carbocycles. The zero-order chi connectivity index (χ0) is 9.52. The van der Waals surface area contributed by atoms with Crippen molar-refractivity contribution in [2.24, 2.45) is 5.92 Å². The van der Waals surface area contributed by atoms with E-state index in [1.165, 1.54) is 32.1 Å². The molecule has 78 valence electrons.